The Morgan fingerprint density at radius 3 is 1.15 bits per heavy atom. The molecule has 2 unspecified atom stereocenters. The van der Waals surface area contributed by atoms with Crippen LogP contribution < -0.4 is 0 Å². The van der Waals surface area contributed by atoms with E-state index >= 15 is 0 Å². The highest BCUT2D eigenvalue weighted by Crippen LogP contribution is 2.52. The number of amides is 2. The van der Waals surface area contributed by atoms with E-state index in [-0.39, 0.29) is 21.9 Å². The normalized spacial score (nSPS) is 27.4. The molecule has 2 rings (SSSR count). The van der Waals surface area contributed by atoms with Crippen molar-refractivity contribution in [3.8, 4) is 0 Å². The SMILES string of the molecule is CC(C)(C)[Si](C)(C)N1C(=O)[C@@](C)(CCCCl)C1C(=O)O.CC(C)(C)[Si](C)(C)N1C(=O)[C@](C)(CCCCl)C1C(=O)O. The molecule has 8 nitrogen and oxygen atoms in total. The van der Waals surface area contributed by atoms with Crippen molar-refractivity contribution in [3.63, 3.8) is 0 Å². The lowest BCUT2D eigenvalue weighted by Crippen LogP contribution is -2.79. The number of carboxylic acids is 2. The zero-order chi connectivity index (χ0) is 31.9. The third-order valence-corrected chi connectivity index (χ3v) is 21.3. The Kier molecular flexibility index (Phi) is 11.3. The Balaban J connectivity index is 0.000000400. The minimum absolute atomic E-state index is 0.0124. The summed E-state index contributed by atoms with van der Waals surface area (Å²) in [5.74, 6) is -0.911. The molecule has 40 heavy (non-hydrogen) atoms. The zero-order valence-corrected chi connectivity index (χ0v) is 30.1. The molecule has 232 valence electrons. The molecule has 12 heteroatoms. The van der Waals surface area contributed by atoms with Crippen LogP contribution in [-0.4, -0.2) is 83.4 Å². The molecule has 2 heterocycles. The van der Waals surface area contributed by atoms with Gasteiger partial charge in [-0.05, 0) is 49.6 Å². The summed E-state index contributed by atoms with van der Waals surface area (Å²) in [7, 11) is -4.34. The molecule has 0 bridgehead atoms. The van der Waals surface area contributed by atoms with Gasteiger partial charge in [0.2, 0.25) is 11.8 Å². The van der Waals surface area contributed by atoms with Crippen LogP contribution in [0.3, 0.4) is 0 Å². The summed E-state index contributed by atoms with van der Waals surface area (Å²) in [5, 5.41) is 19.0. The van der Waals surface area contributed by atoms with E-state index in [1.165, 1.54) is 0 Å². The first kappa shape index (κ1) is 36.9. The van der Waals surface area contributed by atoms with Gasteiger partial charge in [-0.3, -0.25) is 9.59 Å². The van der Waals surface area contributed by atoms with E-state index in [2.05, 4.69) is 67.7 Å². The Hall–Kier alpha value is -1.11. The highest BCUT2D eigenvalue weighted by molar-refractivity contribution is 6.81. The smallest absolute Gasteiger partial charge is 0.326 e. The van der Waals surface area contributed by atoms with E-state index in [4.69, 9.17) is 23.2 Å². The van der Waals surface area contributed by atoms with Gasteiger partial charge in [-0.2, -0.15) is 0 Å². The summed E-state index contributed by atoms with van der Waals surface area (Å²) < 4.78 is 3.37. The van der Waals surface area contributed by atoms with Gasteiger partial charge in [0.1, 0.15) is 12.1 Å². The highest BCUT2D eigenvalue weighted by Gasteiger charge is 2.67. The van der Waals surface area contributed by atoms with Crippen LogP contribution in [0.2, 0.25) is 36.3 Å². The summed E-state index contributed by atoms with van der Waals surface area (Å²) in [6.45, 7) is 24.3. The monoisotopic (exact) mass is 638 g/mol. The molecule has 0 aromatic heterocycles. The van der Waals surface area contributed by atoms with Crippen molar-refractivity contribution in [1.29, 1.82) is 0 Å². The number of hydrogen-bond donors (Lipinski definition) is 2. The molecule has 0 saturated carbocycles. The van der Waals surface area contributed by atoms with Gasteiger partial charge in [-0.1, -0.05) is 67.7 Å². The molecule has 2 aliphatic rings. The first-order valence-electron chi connectivity index (χ1n) is 14.1. The molecule has 2 fully saturated rings. The second-order valence-corrected chi connectivity index (χ2v) is 25.8. The summed E-state index contributed by atoms with van der Waals surface area (Å²) in [5.41, 5.74) is -1.59. The molecule has 0 aromatic carbocycles. The standard InChI is InChI=1S/2C14H26ClNO3Si/c2*1-13(2,3)20(5,6)16-10(11(17)18)14(4,12(16)19)8-7-9-15/h2*10H,7-9H2,1-6H3,(H,17,18)/t2*10?,14-/m10/s1. The van der Waals surface area contributed by atoms with Gasteiger partial charge < -0.3 is 19.3 Å². The predicted molar refractivity (Wildman–Crippen MR) is 167 cm³/mol. The average molecular weight is 640 g/mol. The molecule has 0 aromatic rings. The highest BCUT2D eigenvalue weighted by atomic mass is 35.5. The number of carbonyl (C=O) groups is 4. The summed E-state index contributed by atoms with van der Waals surface area (Å²) in [4.78, 5) is 48.7. The lowest BCUT2D eigenvalue weighted by Gasteiger charge is -2.61. The molecular weight excluding hydrogens is 587 g/mol. The van der Waals surface area contributed by atoms with Gasteiger partial charge >= 0.3 is 11.9 Å². The molecule has 0 radical (unpaired) electrons. The van der Waals surface area contributed by atoms with Crippen LogP contribution >= 0.6 is 23.2 Å². The number of halogens is 2. The number of carbonyl (C=O) groups excluding carboxylic acids is 2. The molecule has 2 amide bonds. The first-order chi connectivity index (χ1) is 17.8. The summed E-state index contributed by atoms with van der Waals surface area (Å²) in [6, 6.07) is -1.42. The fraction of sp³-hybridized carbons (Fsp3) is 0.857. The largest absolute Gasteiger partial charge is 0.480 e. The number of alkyl halides is 2. The number of β-lactam (4-membered cyclic amide) rings is 2. The topological polar surface area (TPSA) is 115 Å². The maximum atomic E-state index is 12.7. The number of carboxylic acid groups (broad SMARTS) is 2. The fourth-order valence-electron chi connectivity index (χ4n) is 5.45. The lowest BCUT2D eigenvalue weighted by molar-refractivity contribution is -0.175. The minimum atomic E-state index is -2.17. The van der Waals surface area contributed by atoms with Crippen molar-refractivity contribution < 1.29 is 29.4 Å². The van der Waals surface area contributed by atoms with E-state index in [1.54, 1.807) is 23.0 Å². The van der Waals surface area contributed by atoms with Crippen LogP contribution in [0.25, 0.3) is 0 Å². The fourth-order valence-corrected chi connectivity index (χ4v) is 10.8. The second kappa shape index (κ2) is 12.2. The Morgan fingerprint density at radius 2 is 0.975 bits per heavy atom. The average Bonchev–Trinajstić information content (AvgIpc) is 2.79. The van der Waals surface area contributed by atoms with Crippen LogP contribution in [0.1, 0.15) is 81.1 Å². The molecular formula is C28H52Cl2N2O6Si2. The quantitative estimate of drug-likeness (QED) is 0.158. The van der Waals surface area contributed by atoms with Crippen LogP contribution in [0.4, 0.5) is 0 Å². The van der Waals surface area contributed by atoms with E-state index < -0.39 is 51.3 Å². The Bertz CT molecular complexity index is 916. The van der Waals surface area contributed by atoms with Gasteiger partial charge in [-0.25, -0.2) is 9.59 Å². The van der Waals surface area contributed by atoms with Crippen molar-refractivity contribution in [2.75, 3.05) is 11.8 Å². The van der Waals surface area contributed by atoms with Crippen LogP contribution in [0.15, 0.2) is 0 Å². The minimum Gasteiger partial charge on any atom is -0.480 e. The lowest BCUT2D eigenvalue weighted by atomic mass is 9.71. The maximum Gasteiger partial charge on any atom is 0.326 e. The van der Waals surface area contributed by atoms with Crippen LogP contribution in [0, 0.1) is 10.8 Å². The number of nitrogens with zero attached hydrogens (tertiary/aromatic N) is 2. The Morgan fingerprint density at radius 1 is 0.725 bits per heavy atom. The zero-order valence-electron chi connectivity index (χ0n) is 26.6. The third-order valence-electron chi connectivity index (χ3n) is 10.1. The number of aliphatic carboxylic acids is 2. The number of rotatable bonds is 10. The van der Waals surface area contributed by atoms with Crippen molar-refractivity contribution in [3.05, 3.63) is 0 Å². The maximum absolute atomic E-state index is 12.7. The van der Waals surface area contributed by atoms with Gasteiger partial charge in [0.05, 0.1) is 10.8 Å². The van der Waals surface area contributed by atoms with Gasteiger partial charge in [0.25, 0.3) is 0 Å². The second-order valence-electron chi connectivity index (χ2n) is 14.9. The van der Waals surface area contributed by atoms with E-state index in [1.807, 2.05) is 0 Å². The van der Waals surface area contributed by atoms with Crippen LogP contribution in [0.5, 0.6) is 0 Å². The Labute approximate surface area is 253 Å². The molecule has 4 atom stereocenters. The molecule has 0 aliphatic carbocycles. The van der Waals surface area contributed by atoms with E-state index in [0.29, 0.717) is 37.4 Å². The third kappa shape index (κ3) is 6.30. The van der Waals surface area contributed by atoms with Crippen LogP contribution in [-0.2, 0) is 19.2 Å². The number of hydrogen-bond acceptors (Lipinski definition) is 4. The van der Waals surface area contributed by atoms with Gasteiger partial charge in [0, 0.05) is 11.8 Å². The van der Waals surface area contributed by atoms with Gasteiger partial charge in [-0.15, -0.1) is 23.2 Å². The van der Waals surface area contributed by atoms with E-state index in [0.717, 1.165) is 0 Å². The van der Waals surface area contributed by atoms with Gasteiger partial charge in [0.15, 0.2) is 16.5 Å². The summed E-state index contributed by atoms with van der Waals surface area (Å²) in [6.07, 6.45) is 2.41. The first-order valence-corrected chi connectivity index (χ1v) is 21.0. The van der Waals surface area contributed by atoms with E-state index in [9.17, 15) is 29.4 Å². The molecule has 2 saturated heterocycles. The van der Waals surface area contributed by atoms with Crippen molar-refractivity contribution in [2.45, 2.75) is 129 Å². The molecule has 2 N–H and O–H groups in total. The molecule has 0 spiro atoms. The van der Waals surface area contributed by atoms with Crippen molar-refractivity contribution in [1.82, 2.24) is 9.13 Å². The predicted octanol–water partition coefficient (Wildman–Crippen LogP) is 6.62. The van der Waals surface area contributed by atoms with Crippen molar-refractivity contribution >= 4 is 63.4 Å². The van der Waals surface area contributed by atoms with Crippen molar-refractivity contribution in [2.24, 2.45) is 10.8 Å². The summed E-state index contributed by atoms with van der Waals surface area (Å²) >= 11 is 11.4. The molecule has 2 aliphatic heterocycles.